The number of benzene rings is 2. The van der Waals surface area contributed by atoms with Gasteiger partial charge in [0.15, 0.2) is 0 Å². The highest BCUT2D eigenvalue weighted by Crippen LogP contribution is 2.59. The molecule has 10 atom stereocenters. The van der Waals surface area contributed by atoms with Crippen LogP contribution in [0.5, 0.6) is 0 Å². The zero-order valence-electron chi connectivity index (χ0n) is 41.4. The zero-order chi connectivity index (χ0) is 45.6. The molecule has 0 spiro atoms. The summed E-state index contributed by atoms with van der Waals surface area (Å²) in [7, 11) is 0. The van der Waals surface area contributed by atoms with Crippen LogP contribution in [-0.4, -0.2) is 6.04 Å². The lowest BCUT2D eigenvalue weighted by Crippen LogP contribution is -2.33. The van der Waals surface area contributed by atoms with E-state index < -0.39 is 0 Å². The van der Waals surface area contributed by atoms with Gasteiger partial charge in [0.05, 0.1) is 0 Å². The summed E-state index contributed by atoms with van der Waals surface area (Å²) in [5, 5.41) is 4.03. The van der Waals surface area contributed by atoms with Crippen LogP contribution in [0.1, 0.15) is 165 Å². The van der Waals surface area contributed by atoms with Crippen molar-refractivity contribution in [3.05, 3.63) is 178 Å². The number of rotatable bonds is 20. The molecular weight excluding hydrogens is 783 g/mol. The van der Waals surface area contributed by atoms with Crippen LogP contribution in [0.3, 0.4) is 0 Å². The molecule has 1 heteroatoms. The number of nitrogens with one attached hydrogen (secondary N) is 1. The summed E-state index contributed by atoms with van der Waals surface area (Å²) in [5.41, 5.74) is 18.6. The third kappa shape index (κ3) is 10.9. The molecule has 0 heterocycles. The minimum atomic E-state index is 0.303. The lowest BCUT2D eigenvalue weighted by molar-refractivity contribution is 0.213. The van der Waals surface area contributed by atoms with Gasteiger partial charge in [0.1, 0.15) is 0 Å². The van der Waals surface area contributed by atoms with E-state index in [1.54, 1.807) is 22.3 Å². The first-order valence-corrected chi connectivity index (χ1v) is 26.5. The van der Waals surface area contributed by atoms with Crippen molar-refractivity contribution in [1.82, 2.24) is 5.32 Å². The van der Waals surface area contributed by atoms with Crippen LogP contribution in [0.25, 0.3) is 0 Å². The van der Waals surface area contributed by atoms with Crippen molar-refractivity contribution in [3.8, 4) is 0 Å². The quantitative estimate of drug-likeness (QED) is 0.103. The summed E-state index contributed by atoms with van der Waals surface area (Å²) in [6.45, 7) is 32.1. The maximum absolute atomic E-state index is 4.76. The van der Waals surface area contributed by atoms with Crippen molar-refractivity contribution >= 4 is 0 Å². The maximum atomic E-state index is 4.76. The number of hydrogen-bond acceptors (Lipinski definition) is 1. The van der Waals surface area contributed by atoms with Crippen molar-refractivity contribution in [2.45, 2.75) is 168 Å². The Morgan fingerprint density at radius 1 is 0.677 bits per heavy atom. The third-order valence-electron chi connectivity index (χ3n) is 17.7. The van der Waals surface area contributed by atoms with E-state index in [-0.39, 0.29) is 0 Å². The average Bonchev–Trinajstić information content (AvgIpc) is 3.87. The van der Waals surface area contributed by atoms with Crippen LogP contribution >= 0.6 is 0 Å². The summed E-state index contributed by atoms with van der Waals surface area (Å²) in [4.78, 5) is 0. The highest BCUT2D eigenvalue weighted by molar-refractivity contribution is 5.45. The summed E-state index contributed by atoms with van der Waals surface area (Å²) < 4.78 is 0. The van der Waals surface area contributed by atoms with E-state index in [2.05, 4.69) is 126 Å². The fourth-order valence-corrected chi connectivity index (χ4v) is 14.2. The number of hydrogen-bond donors (Lipinski definition) is 1. The fourth-order valence-electron chi connectivity index (χ4n) is 14.2. The zero-order valence-corrected chi connectivity index (χ0v) is 41.4. The van der Waals surface area contributed by atoms with Gasteiger partial charge in [-0.1, -0.05) is 221 Å². The lowest BCUT2D eigenvalue weighted by atomic mass is 9.70. The monoisotopic (exact) mass is 868 g/mol. The molecule has 2 aromatic rings. The molecule has 0 amide bonds. The van der Waals surface area contributed by atoms with Gasteiger partial charge >= 0.3 is 0 Å². The first kappa shape index (κ1) is 47.4. The Hall–Kier alpha value is -4.10. The summed E-state index contributed by atoms with van der Waals surface area (Å²) in [6.07, 6.45) is 35.4. The average molecular weight is 868 g/mol. The predicted molar refractivity (Wildman–Crippen MR) is 281 cm³/mol. The van der Waals surface area contributed by atoms with Gasteiger partial charge in [-0.05, 0) is 137 Å². The highest BCUT2D eigenvalue weighted by Gasteiger charge is 2.49. The molecule has 2 aromatic carbocycles. The predicted octanol–water partition coefficient (Wildman–Crippen LogP) is 17.4. The van der Waals surface area contributed by atoms with Gasteiger partial charge < -0.3 is 5.32 Å². The van der Waals surface area contributed by atoms with Crippen molar-refractivity contribution in [2.75, 3.05) is 0 Å². The van der Waals surface area contributed by atoms with Gasteiger partial charge in [-0.25, -0.2) is 0 Å². The van der Waals surface area contributed by atoms with Crippen molar-refractivity contribution in [1.29, 1.82) is 0 Å². The smallest absolute Gasteiger partial charge is 0.0485 e. The summed E-state index contributed by atoms with van der Waals surface area (Å²) in [5.74, 6) is 5.13. The molecule has 346 valence electrons. The topological polar surface area (TPSA) is 12.0 Å². The Labute approximate surface area is 397 Å². The first-order chi connectivity index (χ1) is 31.5. The minimum absolute atomic E-state index is 0.303. The third-order valence-corrected chi connectivity index (χ3v) is 17.7. The molecule has 3 fully saturated rings. The molecule has 1 nitrogen and oxygen atoms in total. The summed E-state index contributed by atoms with van der Waals surface area (Å²) in [6, 6.07) is 19.2. The molecule has 6 aliphatic carbocycles. The molecule has 0 radical (unpaired) electrons. The molecule has 8 rings (SSSR count). The van der Waals surface area contributed by atoms with E-state index in [0.717, 1.165) is 30.9 Å². The normalized spacial score (nSPS) is 29.7. The Balaban J connectivity index is 0.695. The van der Waals surface area contributed by atoms with Crippen LogP contribution in [0.2, 0.25) is 0 Å². The SMILES string of the molecule is C=C1C=CC(C2C(=C)C3CCCC(CCCCCCCCCCCCCc4ccc(CC(=C)NC5CC(c6ccc(C)cc6)C6C(C)=C(C)CC6C6C(C)=CC=C56)cc4)C3C2=C)C(=C)C1. The maximum Gasteiger partial charge on any atom is 0.0485 e. The van der Waals surface area contributed by atoms with E-state index >= 15 is 0 Å². The van der Waals surface area contributed by atoms with Crippen LogP contribution in [0.4, 0.5) is 0 Å². The van der Waals surface area contributed by atoms with Gasteiger partial charge in [-0.15, -0.1) is 0 Å². The summed E-state index contributed by atoms with van der Waals surface area (Å²) >= 11 is 0. The highest BCUT2D eigenvalue weighted by atomic mass is 14.9. The van der Waals surface area contributed by atoms with E-state index in [1.807, 2.05) is 0 Å². The van der Waals surface area contributed by atoms with Gasteiger partial charge in [-0.3, -0.25) is 0 Å². The lowest BCUT2D eigenvalue weighted by Gasteiger charge is -2.35. The van der Waals surface area contributed by atoms with Crippen molar-refractivity contribution in [3.63, 3.8) is 0 Å². The molecule has 1 N–H and O–H groups in total. The Bertz CT molecular complexity index is 2180. The number of unbranched alkanes of at least 4 members (excludes halogenated alkanes) is 10. The fraction of sp³-hybridized carbons (Fsp3) is 0.531. The largest absolute Gasteiger partial charge is 0.382 e. The Morgan fingerprint density at radius 2 is 1.34 bits per heavy atom. The first-order valence-electron chi connectivity index (χ1n) is 26.5. The van der Waals surface area contributed by atoms with Crippen LogP contribution in [0, 0.1) is 54.3 Å². The number of allylic oxidation sites excluding steroid dienone is 12. The molecule has 0 bridgehead atoms. The van der Waals surface area contributed by atoms with E-state index in [0.29, 0.717) is 53.4 Å². The second-order valence-electron chi connectivity index (χ2n) is 22.2. The molecule has 65 heavy (non-hydrogen) atoms. The molecule has 6 aliphatic rings. The van der Waals surface area contributed by atoms with Crippen molar-refractivity contribution < 1.29 is 0 Å². The van der Waals surface area contributed by atoms with Gasteiger partial charge in [-0.2, -0.15) is 0 Å². The second-order valence-corrected chi connectivity index (χ2v) is 22.2. The van der Waals surface area contributed by atoms with E-state index in [4.69, 9.17) is 13.2 Å². The number of fused-ring (bicyclic) bond motifs is 4. The minimum Gasteiger partial charge on any atom is -0.382 e. The van der Waals surface area contributed by atoms with Gasteiger partial charge in [0.25, 0.3) is 0 Å². The van der Waals surface area contributed by atoms with Gasteiger partial charge in [0, 0.05) is 35.9 Å². The van der Waals surface area contributed by atoms with E-state index in [9.17, 15) is 0 Å². The molecule has 0 saturated heterocycles. The second kappa shape index (κ2) is 21.7. The van der Waals surface area contributed by atoms with Crippen LogP contribution in [-0.2, 0) is 12.8 Å². The van der Waals surface area contributed by atoms with Crippen molar-refractivity contribution in [2.24, 2.45) is 47.3 Å². The Kier molecular flexibility index (Phi) is 15.8. The molecular formula is C64H85N. The van der Waals surface area contributed by atoms with Gasteiger partial charge in [0.2, 0.25) is 0 Å². The van der Waals surface area contributed by atoms with Crippen LogP contribution < -0.4 is 5.32 Å². The van der Waals surface area contributed by atoms with E-state index in [1.165, 1.54) is 154 Å². The number of aryl methyl sites for hydroxylation is 2. The molecule has 3 saturated carbocycles. The molecule has 0 aromatic heterocycles. The van der Waals surface area contributed by atoms with Crippen LogP contribution in [0.15, 0.2) is 156 Å². The standard InChI is InChI=1S/C64H85N/c1-42-26-34-53(35-27-42)58-41-60(57-37-29-44(3)61(57)59-39-45(4)48(7)64(58)59)65-47(6)40-52-32-30-51(31-33-52)22-19-17-15-13-11-10-12-14-16-18-20-23-54-24-21-25-56-49(8)62(50(9)63(54)56)55-36-28-43(2)38-46(55)5/h26-37,54-56,58-65H,2,5-6,8-25,38-41H2,1,3-4,7H3. The molecule has 0 aliphatic heterocycles. The Morgan fingerprint density at radius 3 is 2.03 bits per heavy atom. The molecule has 10 unspecified atom stereocenters.